The zero-order chi connectivity index (χ0) is 17.8. The summed E-state index contributed by atoms with van der Waals surface area (Å²) in [6.45, 7) is 5.79. The van der Waals surface area contributed by atoms with Gasteiger partial charge in [0.05, 0.1) is 7.11 Å². The normalized spacial score (nSPS) is 15.1. The number of piperidine rings is 1. The molecule has 1 saturated heterocycles. The Bertz CT molecular complexity index is 749. The molecule has 2 aromatic carbocycles. The maximum absolute atomic E-state index is 12.7. The van der Waals surface area contributed by atoms with Crippen molar-refractivity contribution in [1.29, 1.82) is 0 Å². The molecule has 1 N–H and O–H groups in total. The summed E-state index contributed by atoms with van der Waals surface area (Å²) in [6, 6.07) is 14.3. The topological polar surface area (TPSA) is 41.6 Å². The van der Waals surface area contributed by atoms with Crippen LogP contribution >= 0.6 is 0 Å². The van der Waals surface area contributed by atoms with Crippen molar-refractivity contribution in [2.75, 3.05) is 25.5 Å². The predicted octanol–water partition coefficient (Wildman–Crippen LogP) is 4.03. The number of anilines is 1. The van der Waals surface area contributed by atoms with Gasteiger partial charge in [-0.05, 0) is 62.1 Å². The highest BCUT2D eigenvalue weighted by molar-refractivity contribution is 5.94. The molecular weight excluding hydrogens is 312 g/mol. The summed E-state index contributed by atoms with van der Waals surface area (Å²) in [7, 11) is 1.62. The monoisotopic (exact) mass is 338 g/mol. The molecule has 0 saturated carbocycles. The number of ether oxygens (including phenoxy) is 1. The van der Waals surface area contributed by atoms with Gasteiger partial charge in [-0.15, -0.1) is 0 Å². The molecular formula is C21H26N2O2. The molecule has 0 aliphatic carbocycles. The zero-order valence-electron chi connectivity index (χ0n) is 15.2. The van der Waals surface area contributed by atoms with Gasteiger partial charge in [0.1, 0.15) is 5.75 Å². The van der Waals surface area contributed by atoms with Gasteiger partial charge in [0.15, 0.2) is 0 Å². The third kappa shape index (κ3) is 4.13. The van der Waals surface area contributed by atoms with E-state index >= 15 is 0 Å². The van der Waals surface area contributed by atoms with Gasteiger partial charge >= 0.3 is 0 Å². The first kappa shape index (κ1) is 17.3. The average molecular weight is 338 g/mol. The van der Waals surface area contributed by atoms with Gasteiger partial charge in [-0.25, -0.2) is 0 Å². The minimum atomic E-state index is 0.0871. The Hall–Kier alpha value is -2.49. The maximum atomic E-state index is 12.7. The second-order valence-corrected chi connectivity index (χ2v) is 6.76. The third-order valence-electron chi connectivity index (χ3n) is 4.85. The lowest BCUT2D eigenvalue weighted by molar-refractivity contribution is 0.0718. The van der Waals surface area contributed by atoms with Crippen LogP contribution in [0.3, 0.4) is 0 Å². The number of likely N-dealkylation sites (tertiary alicyclic amines) is 1. The molecule has 0 atom stereocenters. The van der Waals surface area contributed by atoms with E-state index in [-0.39, 0.29) is 5.91 Å². The summed E-state index contributed by atoms with van der Waals surface area (Å²) < 4.78 is 5.22. The van der Waals surface area contributed by atoms with Crippen LogP contribution in [0.2, 0.25) is 0 Å². The molecule has 4 heteroatoms. The Labute approximate surface area is 149 Å². The summed E-state index contributed by atoms with van der Waals surface area (Å²) in [5.74, 6) is 0.807. The van der Waals surface area contributed by atoms with Gasteiger partial charge in [-0.1, -0.05) is 18.2 Å². The minimum absolute atomic E-state index is 0.0871. The number of carbonyl (C=O) groups is 1. The molecule has 1 aliphatic rings. The van der Waals surface area contributed by atoms with Crippen LogP contribution in [0.15, 0.2) is 42.5 Å². The number of nitrogens with one attached hydrogen (secondary N) is 1. The summed E-state index contributed by atoms with van der Waals surface area (Å²) in [5, 5.41) is 3.65. The molecule has 0 unspecified atom stereocenters. The van der Waals surface area contributed by atoms with E-state index in [1.165, 1.54) is 16.8 Å². The van der Waals surface area contributed by atoms with Gasteiger partial charge in [0.2, 0.25) is 0 Å². The van der Waals surface area contributed by atoms with Gasteiger partial charge in [-0.3, -0.25) is 4.79 Å². The first-order valence-electron chi connectivity index (χ1n) is 8.84. The van der Waals surface area contributed by atoms with Crippen molar-refractivity contribution >= 4 is 11.6 Å². The van der Waals surface area contributed by atoms with Crippen molar-refractivity contribution in [2.24, 2.45) is 0 Å². The van der Waals surface area contributed by atoms with E-state index in [4.69, 9.17) is 4.74 Å². The van der Waals surface area contributed by atoms with Crippen molar-refractivity contribution in [3.05, 3.63) is 59.2 Å². The lowest BCUT2D eigenvalue weighted by Gasteiger charge is -2.33. The number of aryl methyl sites for hydroxylation is 2. The van der Waals surface area contributed by atoms with Crippen molar-refractivity contribution in [3.8, 4) is 5.75 Å². The Balaban J connectivity index is 1.59. The molecule has 1 aliphatic heterocycles. The number of benzene rings is 2. The number of methoxy groups -OCH3 is 1. The van der Waals surface area contributed by atoms with Crippen molar-refractivity contribution in [3.63, 3.8) is 0 Å². The van der Waals surface area contributed by atoms with Crippen LogP contribution in [-0.2, 0) is 0 Å². The molecule has 25 heavy (non-hydrogen) atoms. The Morgan fingerprint density at radius 1 is 1.12 bits per heavy atom. The minimum Gasteiger partial charge on any atom is -0.497 e. The van der Waals surface area contributed by atoms with Gasteiger partial charge in [0.25, 0.3) is 5.91 Å². The molecule has 1 fully saturated rings. The number of amides is 1. The fourth-order valence-electron chi connectivity index (χ4n) is 3.28. The van der Waals surface area contributed by atoms with Crippen LogP contribution < -0.4 is 10.1 Å². The van der Waals surface area contributed by atoms with Crippen LogP contribution in [0.5, 0.6) is 5.75 Å². The van der Waals surface area contributed by atoms with Gasteiger partial charge < -0.3 is 15.0 Å². The molecule has 2 aromatic rings. The molecule has 132 valence electrons. The fourth-order valence-corrected chi connectivity index (χ4v) is 3.28. The van der Waals surface area contributed by atoms with E-state index in [0.717, 1.165) is 31.7 Å². The third-order valence-corrected chi connectivity index (χ3v) is 4.85. The fraction of sp³-hybridized carbons (Fsp3) is 0.381. The second-order valence-electron chi connectivity index (χ2n) is 6.76. The van der Waals surface area contributed by atoms with E-state index in [0.29, 0.717) is 11.6 Å². The highest BCUT2D eigenvalue weighted by atomic mass is 16.5. The average Bonchev–Trinajstić information content (AvgIpc) is 2.65. The zero-order valence-corrected chi connectivity index (χ0v) is 15.2. The highest BCUT2D eigenvalue weighted by Gasteiger charge is 2.24. The number of nitrogens with zero attached hydrogens (tertiary/aromatic N) is 1. The first-order chi connectivity index (χ1) is 12.1. The van der Waals surface area contributed by atoms with Crippen LogP contribution in [0, 0.1) is 13.8 Å². The Kier molecular flexibility index (Phi) is 5.27. The number of hydrogen-bond acceptors (Lipinski definition) is 3. The first-order valence-corrected chi connectivity index (χ1v) is 8.84. The molecule has 4 nitrogen and oxygen atoms in total. The molecule has 0 aromatic heterocycles. The summed E-state index contributed by atoms with van der Waals surface area (Å²) in [4.78, 5) is 14.6. The van der Waals surface area contributed by atoms with Crippen molar-refractivity contribution in [1.82, 2.24) is 4.90 Å². The standard InChI is InChI=1S/C21H26N2O2/c1-15-7-8-16(2)20(13-15)22-18-9-11-23(12-10-18)21(24)17-5-4-6-19(14-17)25-3/h4-8,13-14,18,22H,9-12H2,1-3H3. The van der Waals surface area contributed by atoms with E-state index in [1.54, 1.807) is 7.11 Å². The smallest absolute Gasteiger partial charge is 0.253 e. The summed E-state index contributed by atoms with van der Waals surface area (Å²) in [6.07, 6.45) is 1.92. The van der Waals surface area contributed by atoms with Crippen LogP contribution in [-0.4, -0.2) is 37.0 Å². The molecule has 1 amide bonds. The lowest BCUT2D eigenvalue weighted by atomic mass is 10.0. The summed E-state index contributed by atoms with van der Waals surface area (Å²) in [5.41, 5.74) is 4.43. The molecule has 1 heterocycles. The van der Waals surface area contributed by atoms with Crippen molar-refractivity contribution < 1.29 is 9.53 Å². The summed E-state index contributed by atoms with van der Waals surface area (Å²) >= 11 is 0. The van der Waals surface area contributed by atoms with Gasteiger partial charge in [-0.2, -0.15) is 0 Å². The molecule has 0 radical (unpaired) electrons. The van der Waals surface area contributed by atoms with Gasteiger partial charge in [0, 0.05) is 30.4 Å². The number of hydrogen-bond donors (Lipinski definition) is 1. The SMILES string of the molecule is COc1cccc(C(=O)N2CCC(Nc3cc(C)ccc3C)CC2)c1. The van der Waals surface area contributed by atoms with Crippen LogP contribution in [0.1, 0.15) is 34.3 Å². The van der Waals surface area contributed by atoms with Crippen molar-refractivity contribution in [2.45, 2.75) is 32.7 Å². The van der Waals surface area contributed by atoms with Crippen LogP contribution in [0.25, 0.3) is 0 Å². The lowest BCUT2D eigenvalue weighted by Crippen LogP contribution is -2.42. The van der Waals surface area contributed by atoms with Crippen LogP contribution in [0.4, 0.5) is 5.69 Å². The quantitative estimate of drug-likeness (QED) is 0.915. The molecule has 0 bridgehead atoms. The maximum Gasteiger partial charge on any atom is 0.253 e. The largest absolute Gasteiger partial charge is 0.497 e. The number of rotatable bonds is 4. The second kappa shape index (κ2) is 7.60. The van der Waals surface area contributed by atoms with E-state index < -0.39 is 0 Å². The molecule has 0 spiro atoms. The Morgan fingerprint density at radius 3 is 2.60 bits per heavy atom. The Morgan fingerprint density at radius 2 is 1.88 bits per heavy atom. The predicted molar refractivity (Wildman–Crippen MR) is 101 cm³/mol. The highest BCUT2D eigenvalue weighted by Crippen LogP contribution is 2.22. The van der Waals surface area contributed by atoms with E-state index in [1.807, 2.05) is 29.2 Å². The van der Waals surface area contributed by atoms with E-state index in [2.05, 4.69) is 37.4 Å². The number of carbonyl (C=O) groups excluding carboxylic acids is 1. The van der Waals surface area contributed by atoms with E-state index in [9.17, 15) is 4.79 Å². The molecule has 3 rings (SSSR count).